The van der Waals surface area contributed by atoms with Crippen LogP contribution in [0.1, 0.15) is 44.5 Å². The van der Waals surface area contributed by atoms with Gasteiger partial charge in [-0.15, -0.1) is 22.7 Å². The molecule has 0 aliphatic rings. The molecule has 0 spiro atoms. The Labute approximate surface area is 175 Å². The molecule has 0 unspecified atom stereocenters. The fourth-order valence-corrected chi connectivity index (χ4v) is 4.40. The molecule has 4 heteroatoms. The Hall–Kier alpha value is -2.30. The molecule has 0 bridgehead atoms. The van der Waals surface area contributed by atoms with Gasteiger partial charge in [0.1, 0.15) is 11.5 Å². The van der Waals surface area contributed by atoms with E-state index in [1.807, 2.05) is 13.8 Å². The van der Waals surface area contributed by atoms with Gasteiger partial charge in [-0.05, 0) is 88.4 Å². The number of hydrogen-bond acceptors (Lipinski definition) is 4. The van der Waals surface area contributed by atoms with Crippen LogP contribution in [0.5, 0.6) is 11.5 Å². The molecule has 2 nitrogen and oxygen atoms in total. The van der Waals surface area contributed by atoms with Gasteiger partial charge < -0.3 is 9.47 Å². The van der Waals surface area contributed by atoms with Crippen molar-refractivity contribution in [1.29, 1.82) is 0 Å². The van der Waals surface area contributed by atoms with Gasteiger partial charge in [0.25, 0.3) is 0 Å². The average molecular weight is 411 g/mol. The van der Waals surface area contributed by atoms with Crippen LogP contribution in [0, 0.1) is 13.8 Å². The molecule has 0 atom stereocenters. The quantitative estimate of drug-likeness (QED) is 0.381. The van der Waals surface area contributed by atoms with Gasteiger partial charge in [0.05, 0.1) is 13.2 Å². The van der Waals surface area contributed by atoms with Crippen molar-refractivity contribution in [2.75, 3.05) is 13.2 Å². The lowest BCUT2D eigenvalue weighted by Gasteiger charge is -2.13. The monoisotopic (exact) mass is 410 g/mol. The Morgan fingerprint density at radius 1 is 0.679 bits per heavy atom. The highest BCUT2D eigenvalue weighted by atomic mass is 32.1. The third-order valence-corrected chi connectivity index (χ3v) is 6.05. The summed E-state index contributed by atoms with van der Waals surface area (Å²) in [5.41, 5.74) is 2.06. The fourth-order valence-electron chi connectivity index (χ4n) is 2.84. The molecule has 2 aromatic heterocycles. The van der Waals surface area contributed by atoms with Crippen molar-refractivity contribution in [2.24, 2.45) is 0 Å². The van der Waals surface area contributed by atoms with E-state index in [1.54, 1.807) is 22.7 Å². The number of ether oxygens (including phenoxy) is 2. The first kappa shape index (κ1) is 20.4. The van der Waals surface area contributed by atoms with Crippen LogP contribution in [0.15, 0.2) is 36.4 Å². The van der Waals surface area contributed by atoms with Crippen molar-refractivity contribution in [3.63, 3.8) is 0 Å². The van der Waals surface area contributed by atoms with E-state index < -0.39 is 0 Å². The summed E-state index contributed by atoms with van der Waals surface area (Å²) in [6.45, 7) is 9.52. The van der Waals surface area contributed by atoms with Crippen LogP contribution in [0.2, 0.25) is 0 Å². The molecule has 2 heterocycles. The van der Waals surface area contributed by atoms with E-state index in [0.717, 1.165) is 22.6 Å². The third kappa shape index (κ3) is 5.37. The van der Waals surface area contributed by atoms with Crippen LogP contribution in [-0.2, 0) is 0 Å². The van der Waals surface area contributed by atoms with Gasteiger partial charge in [0.2, 0.25) is 0 Å². The van der Waals surface area contributed by atoms with Crippen LogP contribution >= 0.6 is 22.7 Å². The van der Waals surface area contributed by atoms with Gasteiger partial charge in [0.15, 0.2) is 0 Å². The summed E-state index contributed by atoms with van der Waals surface area (Å²) >= 11 is 3.57. The van der Waals surface area contributed by atoms with Gasteiger partial charge >= 0.3 is 0 Å². The Balaban J connectivity index is 1.96. The van der Waals surface area contributed by atoms with E-state index in [2.05, 4.69) is 74.5 Å². The van der Waals surface area contributed by atoms with Crippen molar-refractivity contribution < 1.29 is 9.47 Å². The van der Waals surface area contributed by atoms with Crippen molar-refractivity contribution in [3.05, 3.63) is 67.0 Å². The summed E-state index contributed by atoms with van der Waals surface area (Å²) in [4.78, 5) is 5.08. The first-order chi connectivity index (χ1) is 13.6. The van der Waals surface area contributed by atoms with Gasteiger partial charge in [-0.25, -0.2) is 0 Å². The average Bonchev–Trinajstić information content (AvgIpc) is 3.28. The second kappa shape index (κ2) is 9.76. The van der Waals surface area contributed by atoms with Crippen LogP contribution in [-0.4, -0.2) is 13.2 Å². The molecule has 0 aliphatic carbocycles. The predicted molar refractivity (Wildman–Crippen MR) is 125 cm³/mol. The van der Waals surface area contributed by atoms with E-state index in [1.165, 1.54) is 19.5 Å². The Kier molecular flexibility index (Phi) is 7.12. The van der Waals surface area contributed by atoms with E-state index >= 15 is 0 Å². The molecule has 0 saturated heterocycles. The summed E-state index contributed by atoms with van der Waals surface area (Å²) in [6, 6.07) is 12.7. The molecule has 3 rings (SSSR count). The Morgan fingerprint density at radius 3 is 1.43 bits per heavy atom. The number of benzene rings is 1. The minimum Gasteiger partial charge on any atom is -0.493 e. The molecule has 0 saturated carbocycles. The Morgan fingerprint density at radius 2 is 1.11 bits per heavy atom. The molecular weight excluding hydrogens is 384 g/mol. The lowest BCUT2D eigenvalue weighted by atomic mass is 10.1. The van der Waals surface area contributed by atoms with Crippen LogP contribution in [0.25, 0.3) is 24.3 Å². The van der Waals surface area contributed by atoms with Crippen LogP contribution in [0.4, 0.5) is 0 Å². The van der Waals surface area contributed by atoms with Crippen molar-refractivity contribution in [2.45, 2.75) is 27.7 Å². The van der Waals surface area contributed by atoms with Gasteiger partial charge in [-0.2, -0.15) is 0 Å². The van der Waals surface area contributed by atoms with Crippen LogP contribution < -0.4 is 9.47 Å². The SMILES string of the molecule is CCOc1cc(/C=C/c2ccc(C)s2)c(OCC)cc1/C=C/c1ccc(C)s1. The zero-order valence-corrected chi connectivity index (χ0v) is 18.5. The molecule has 0 radical (unpaired) electrons. The second-order valence-corrected chi connectivity index (χ2v) is 9.00. The predicted octanol–water partition coefficient (Wildman–Crippen LogP) is 7.56. The minimum atomic E-state index is 0.625. The van der Waals surface area contributed by atoms with E-state index in [-0.39, 0.29) is 0 Å². The highest BCUT2D eigenvalue weighted by Crippen LogP contribution is 2.33. The number of thiophene rings is 2. The van der Waals surface area contributed by atoms with E-state index in [0.29, 0.717) is 13.2 Å². The molecule has 146 valence electrons. The molecule has 3 aromatic rings. The zero-order valence-electron chi connectivity index (χ0n) is 16.8. The highest BCUT2D eigenvalue weighted by Gasteiger charge is 2.09. The molecular formula is C24H26O2S2. The van der Waals surface area contributed by atoms with E-state index in [4.69, 9.17) is 9.47 Å². The van der Waals surface area contributed by atoms with Gasteiger partial charge in [-0.1, -0.05) is 0 Å². The van der Waals surface area contributed by atoms with Crippen molar-refractivity contribution in [1.82, 2.24) is 0 Å². The maximum Gasteiger partial charge on any atom is 0.127 e. The summed E-state index contributed by atoms with van der Waals surface area (Å²) < 4.78 is 11.9. The smallest absolute Gasteiger partial charge is 0.127 e. The number of aryl methyl sites for hydroxylation is 2. The summed E-state index contributed by atoms with van der Waals surface area (Å²) in [7, 11) is 0. The van der Waals surface area contributed by atoms with Crippen molar-refractivity contribution >= 4 is 47.0 Å². The van der Waals surface area contributed by atoms with Crippen molar-refractivity contribution in [3.8, 4) is 11.5 Å². The number of hydrogen-bond donors (Lipinski definition) is 0. The maximum absolute atomic E-state index is 5.93. The topological polar surface area (TPSA) is 18.5 Å². The van der Waals surface area contributed by atoms with E-state index in [9.17, 15) is 0 Å². The summed E-state index contributed by atoms with van der Waals surface area (Å²) in [6.07, 6.45) is 8.48. The molecule has 0 N–H and O–H groups in total. The highest BCUT2D eigenvalue weighted by molar-refractivity contribution is 7.13. The normalized spacial score (nSPS) is 11.6. The number of rotatable bonds is 8. The molecule has 0 fully saturated rings. The fraction of sp³-hybridized carbons (Fsp3) is 0.250. The minimum absolute atomic E-state index is 0.625. The van der Waals surface area contributed by atoms with Crippen LogP contribution in [0.3, 0.4) is 0 Å². The molecule has 0 aliphatic heterocycles. The standard InChI is InChI=1S/C24H26O2S2/c1-5-25-23-15-20(10-14-22-12-8-18(4)28-22)24(26-6-2)16-19(23)9-13-21-11-7-17(3)27-21/h7-16H,5-6H2,1-4H3/b13-9+,14-10+. The first-order valence-corrected chi connectivity index (χ1v) is 11.1. The largest absolute Gasteiger partial charge is 0.493 e. The zero-order chi connectivity index (χ0) is 19.9. The molecule has 0 amide bonds. The lowest BCUT2D eigenvalue weighted by Crippen LogP contribution is -1.99. The molecule has 1 aromatic carbocycles. The summed E-state index contributed by atoms with van der Waals surface area (Å²) in [5.74, 6) is 1.75. The maximum atomic E-state index is 5.93. The molecule has 28 heavy (non-hydrogen) atoms. The Bertz CT molecular complexity index is 896. The second-order valence-electron chi connectivity index (χ2n) is 6.36. The van der Waals surface area contributed by atoms with Gasteiger partial charge in [0, 0.05) is 30.6 Å². The van der Waals surface area contributed by atoms with Gasteiger partial charge in [-0.3, -0.25) is 0 Å². The first-order valence-electron chi connectivity index (χ1n) is 9.51. The summed E-state index contributed by atoms with van der Waals surface area (Å²) in [5, 5.41) is 0. The lowest BCUT2D eigenvalue weighted by molar-refractivity contribution is 0.329. The third-order valence-electron chi connectivity index (χ3n) is 4.12.